The summed E-state index contributed by atoms with van der Waals surface area (Å²) in [7, 11) is 0. The summed E-state index contributed by atoms with van der Waals surface area (Å²) in [4.78, 5) is 32.8. The molecule has 6 heteroatoms. The largest absolute Gasteiger partial charge is 0.299 e. The zero-order chi connectivity index (χ0) is 13.4. The lowest BCUT2D eigenvalue weighted by Crippen LogP contribution is -2.29. The first-order chi connectivity index (χ1) is 9.16. The van der Waals surface area contributed by atoms with Crippen molar-refractivity contribution in [3.05, 3.63) is 53.9 Å². The van der Waals surface area contributed by atoms with Crippen LogP contribution in [0.4, 0.5) is 10.1 Å². The summed E-state index contributed by atoms with van der Waals surface area (Å²) >= 11 is 0. The monoisotopic (exact) mass is 257 g/mol. The van der Waals surface area contributed by atoms with Gasteiger partial charge in [-0.3, -0.25) is 14.5 Å². The molecule has 2 aromatic rings. The summed E-state index contributed by atoms with van der Waals surface area (Å²) in [5.74, 6) is -1.43. The minimum Gasteiger partial charge on any atom is -0.297 e. The van der Waals surface area contributed by atoms with Gasteiger partial charge in [-0.1, -0.05) is 0 Å². The number of benzene rings is 1. The van der Waals surface area contributed by atoms with Gasteiger partial charge in [-0.05, 0) is 24.3 Å². The van der Waals surface area contributed by atoms with Crippen molar-refractivity contribution in [1.82, 2.24) is 9.97 Å². The predicted octanol–water partition coefficient (Wildman–Crippen LogP) is 1.35. The molecule has 0 saturated carbocycles. The number of carbonyl (C=O) groups is 2. The van der Waals surface area contributed by atoms with E-state index >= 15 is 0 Å². The Morgan fingerprint density at radius 1 is 1.16 bits per heavy atom. The number of hydrogen-bond donors (Lipinski definition) is 0. The van der Waals surface area contributed by atoms with Crippen LogP contribution < -0.4 is 4.90 Å². The predicted molar refractivity (Wildman–Crippen MR) is 64.0 cm³/mol. The maximum atomic E-state index is 13.2. The highest BCUT2D eigenvalue weighted by molar-refractivity contribution is 6.52. The summed E-state index contributed by atoms with van der Waals surface area (Å²) < 4.78 is 13.2. The van der Waals surface area contributed by atoms with Crippen molar-refractivity contribution in [1.29, 1.82) is 0 Å². The van der Waals surface area contributed by atoms with Crippen LogP contribution in [0.15, 0.2) is 36.7 Å². The number of amides is 1. The average molecular weight is 257 g/mol. The van der Waals surface area contributed by atoms with Crippen LogP contribution in [0.25, 0.3) is 0 Å². The van der Waals surface area contributed by atoms with E-state index in [0.717, 1.165) is 6.07 Å². The Bertz CT molecular complexity index is 673. The van der Waals surface area contributed by atoms with Gasteiger partial charge in [0.25, 0.3) is 11.7 Å². The van der Waals surface area contributed by atoms with Crippen molar-refractivity contribution in [3.63, 3.8) is 0 Å². The SMILES string of the molecule is O=C1C(=O)N(Cc2ncccn2)c2cc(F)ccc21. The smallest absolute Gasteiger partial charge is 0.297 e. The second kappa shape index (κ2) is 4.24. The van der Waals surface area contributed by atoms with Crippen molar-refractivity contribution >= 4 is 17.4 Å². The van der Waals surface area contributed by atoms with Gasteiger partial charge in [-0.2, -0.15) is 0 Å². The maximum absolute atomic E-state index is 13.2. The zero-order valence-electron chi connectivity index (χ0n) is 9.71. The molecule has 94 valence electrons. The fourth-order valence-corrected chi connectivity index (χ4v) is 1.98. The third-order valence-electron chi connectivity index (χ3n) is 2.85. The Kier molecular flexibility index (Phi) is 2.56. The average Bonchev–Trinajstić information content (AvgIpc) is 2.65. The Labute approximate surface area is 107 Å². The summed E-state index contributed by atoms with van der Waals surface area (Å²) in [6.45, 7) is 0.0435. The van der Waals surface area contributed by atoms with Crippen LogP contribution in [-0.4, -0.2) is 21.7 Å². The molecule has 0 radical (unpaired) electrons. The molecule has 0 spiro atoms. The van der Waals surface area contributed by atoms with Crippen LogP contribution in [0.5, 0.6) is 0 Å². The fourth-order valence-electron chi connectivity index (χ4n) is 1.98. The number of carbonyl (C=O) groups excluding carboxylic acids is 2. The van der Waals surface area contributed by atoms with Gasteiger partial charge in [0.1, 0.15) is 11.6 Å². The van der Waals surface area contributed by atoms with Gasteiger partial charge in [0, 0.05) is 12.4 Å². The highest BCUT2D eigenvalue weighted by Gasteiger charge is 2.36. The van der Waals surface area contributed by atoms with E-state index in [0.29, 0.717) is 5.82 Å². The number of rotatable bonds is 2. The highest BCUT2D eigenvalue weighted by Crippen LogP contribution is 2.30. The number of aromatic nitrogens is 2. The van der Waals surface area contributed by atoms with Gasteiger partial charge >= 0.3 is 0 Å². The number of fused-ring (bicyclic) bond motifs is 1. The second-order valence-corrected chi connectivity index (χ2v) is 4.05. The summed E-state index contributed by atoms with van der Waals surface area (Å²) in [5, 5.41) is 0. The summed E-state index contributed by atoms with van der Waals surface area (Å²) in [5.41, 5.74) is 0.477. The normalized spacial score (nSPS) is 13.8. The molecule has 1 aromatic heterocycles. The third-order valence-corrected chi connectivity index (χ3v) is 2.85. The molecule has 1 amide bonds. The fraction of sp³-hybridized carbons (Fsp3) is 0.0769. The molecule has 1 aliphatic rings. The lowest BCUT2D eigenvalue weighted by Gasteiger charge is -2.15. The number of hydrogen-bond acceptors (Lipinski definition) is 4. The van der Waals surface area contributed by atoms with E-state index in [9.17, 15) is 14.0 Å². The van der Waals surface area contributed by atoms with Crippen molar-refractivity contribution in [3.8, 4) is 0 Å². The van der Waals surface area contributed by atoms with E-state index in [1.54, 1.807) is 6.07 Å². The first-order valence-electron chi connectivity index (χ1n) is 5.58. The van der Waals surface area contributed by atoms with E-state index in [4.69, 9.17) is 0 Å². The van der Waals surface area contributed by atoms with E-state index in [1.165, 1.54) is 29.4 Å². The van der Waals surface area contributed by atoms with Gasteiger partial charge < -0.3 is 0 Å². The molecule has 0 bridgehead atoms. The Hall–Kier alpha value is -2.63. The van der Waals surface area contributed by atoms with Crippen LogP contribution in [-0.2, 0) is 11.3 Å². The van der Waals surface area contributed by atoms with E-state index in [2.05, 4.69) is 9.97 Å². The number of nitrogens with zero attached hydrogens (tertiary/aromatic N) is 3. The van der Waals surface area contributed by atoms with Crippen LogP contribution in [0, 0.1) is 5.82 Å². The van der Waals surface area contributed by atoms with Crippen LogP contribution in [0.1, 0.15) is 16.2 Å². The molecular weight excluding hydrogens is 249 g/mol. The van der Waals surface area contributed by atoms with Crippen molar-refractivity contribution < 1.29 is 14.0 Å². The van der Waals surface area contributed by atoms with E-state index < -0.39 is 17.5 Å². The summed E-state index contributed by atoms with van der Waals surface area (Å²) in [6, 6.07) is 5.29. The molecule has 1 aromatic carbocycles. The maximum Gasteiger partial charge on any atom is 0.299 e. The van der Waals surface area contributed by atoms with Crippen molar-refractivity contribution in [2.45, 2.75) is 6.54 Å². The lowest BCUT2D eigenvalue weighted by atomic mass is 10.1. The molecule has 0 saturated heterocycles. The Balaban J connectivity index is 2.01. The number of anilines is 1. The molecule has 5 nitrogen and oxygen atoms in total. The zero-order valence-corrected chi connectivity index (χ0v) is 9.71. The Morgan fingerprint density at radius 2 is 1.89 bits per heavy atom. The number of ketones is 1. The minimum atomic E-state index is -0.687. The third kappa shape index (κ3) is 1.87. The molecular formula is C13H8FN3O2. The molecule has 0 unspecified atom stereocenters. The molecule has 1 aliphatic heterocycles. The van der Waals surface area contributed by atoms with Gasteiger partial charge in [0.2, 0.25) is 0 Å². The van der Waals surface area contributed by atoms with Gasteiger partial charge in [-0.15, -0.1) is 0 Å². The minimum absolute atomic E-state index is 0.0435. The molecule has 3 rings (SSSR count). The second-order valence-electron chi connectivity index (χ2n) is 4.05. The van der Waals surface area contributed by atoms with Crippen LogP contribution >= 0.6 is 0 Å². The lowest BCUT2D eigenvalue weighted by molar-refractivity contribution is -0.114. The van der Waals surface area contributed by atoms with Gasteiger partial charge in [-0.25, -0.2) is 14.4 Å². The van der Waals surface area contributed by atoms with Crippen LogP contribution in [0.3, 0.4) is 0 Å². The topological polar surface area (TPSA) is 63.2 Å². The van der Waals surface area contributed by atoms with Crippen molar-refractivity contribution in [2.24, 2.45) is 0 Å². The van der Waals surface area contributed by atoms with Gasteiger partial charge in [0.05, 0.1) is 17.8 Å². The number of halogens is 1. The van der Waals surface area contributed by atoms with E-state index in [1.807, 2.05) is 0 Å². The standard InChI is InChI=1S/C13H8FN3O2/c14-8-2-3-9-10(6-8)17(13(19)12(9)18)7-11-15-4-1-5-16-11/h1-6H,7H2. The molecule has 0 N–H and O–H groups in total. The van der Waals surface area contributed by atoms with Crippen LogP contribution in [0.2, 0.25) is 0 Å². The quantitative estimate of drug-likeness (QED) is 0.762. The summed E-state index contributed by atoms with van der Waals surface area (Å²) in [6.07, 6.45) is 3.08. The molecule has 0 atom stereocenters. The van der Waals surface area contributed by atoms with Gasteiger partial charge in [0.15, 0.2) is 0 Å². The number of Topliss-reactive ketones (excluding diaryl/α,β-unsaturated/α-hetero) is 1. The van der Waals surface area contributed by atoms with E-state index in [-0.39, 0.29) is 17.8 Å². The molecule has 0 aliphatic carbocycles. The molecule has 2 heterocycles. The first kappa shape index (κ1) is 11.5. The first-order valence-corrected chi connectivity index (χ1v) is 5.58. The van der Waals surface area contributed by atoms with Crippen molar-refractivity contribution in [2.75, 3.05) is 4.90 Å². The Morgan fingerprint density at radius 3 is 2.63 bits per heavy atom. The molecule has 19 heavy (non-hydrogen) atoms. The molecule has 0 fully saturated rings. The highest BCUT2D eigenvalue weighted by atomic mass is 19.1.